The van der Waals surface area contributed by atoms with Gasteiger partial charge in [0, 0.05) is 11.1 Å². The smallest absolute Gasteiger partial charge is 0.260 e. The number of benzene rings is 7. The van der Waals surface area contributed by atoms with E-state index in [4.69, 9.17) is 4.99 Å². The van der Waals surface area contributed by atoms with Crippen molar-refractivity contribution in [3.63, 3.8) is 0 Å². The summed E-state index contributed by atoms with van der Waals surface area (Å²) in [6, 6.07) is 57.1. The molecule has 0 N–H and O–H groups in total. The molecule has 1 aliphatic rings. The van der Waals surface area contributed by atoms with Crippen molar-refractivity contribution >= 4 is 46.4 Å². The molecule has 1 amide bonds. The second-order valence-electron chi connectivity index (χ2n) is 13.9. The predicted molar refractivity (Wildman–Crippen MR) is 219 cm³/mol. The van der Waals surface area contributed by atoms with E-state index in [1.54, 1.807) is 0 Å². The zero-order valence-electron chi connectivity index (χ0n) is 30.0. The summed E-state index contributed by atoms with van der Waals surface area (Å²) >= 11 is 0. The molecule has 4 heteroatoms. The molecule has 1 heterocycles. The van der Waals surface area contributed by atoms with Gasteiger partial charge in [0.05, 0.1) is 6.04 Å². The maximum Gasteiger partial charge on any atom is 0.260 e. The van der Waals surface area contributed by atoms with Crippen LogP contribution in [0.25, 0.3) is 10.8 Å². The summed E-state index contributed by atoms with van der Waals surface area (Å²) < 4.78 is 0. The highest BCUT2D eigenvalue weighted by Gasteiger charge is 2.44. The van der Waals surface area contributed by atoms with E-state index in [9.17, 15) is 0 Å². The minimum absolute atomic E-state index is 0.0564. The summed E-state index contributed by atoms with van der Waals surface area (Å²) in [5, 5.41) is 5.81. The summed E-state index contributed by atoms with van der Waals surface area (Å²) in [5.41, 5.74) is 8.52. The Kier molecular flexibility index (Phi) is 9.14. The number of rotatable bonds is 7. The number of hydrogen-bond donors (Lipinski definition) is 0. The average molecular weight is 693 g/mol. The highest BCUT2D eigenvalue weighted by Crippen LogP contribution is 2.46. The van der Waals surface area contributed by atoms with Gasteiger partial charge in [-0.3, -0.25) is 14.7 Å². The van der Waals surface area contributed by atoms with Crippen molar-refractivity contribution in [1.29, 1.82) is 0 Å². The molecule has 8 rings (SSSR count). The van der Waals surface area contributed by atoms with E-state index in [1.165, 1.54) is 27.0 Å². The van der Waals surface area contributed by atoms with E-state index in [-0.39, 0.29) is 18.0 Å². The van der Waals surface area contributed by atoms with Gasteiger partial charge in [0.1, 0.15) is 11.9 Å². The first-order chi connectivity index (χ1) is 25.3. The Balaban J connectivity index is 1.40. The molecule has 3 nitrogen and oxygen atoms in total. The zero-order chi connectivity index (χ0) is 35.8. The maximum atomic E-state index is 15.4. The highest BCUT2D eigenvalue weighted by molar-refractivity contribution is 7.80. The van der Waals surface area contributed by atoms with Crippen LogP contribution in [0.3, 0.4) is 0 Å². The van der Waals surface area contributed by atoms with Gasteiger partial charge >= 0.3 is 0 Å². The molecular formula is C48H41N2OP. The number of amides is 1. The predicted octanol–water partition coefficient (Wildman–Crippen LogP) is 10.2. The van der Waals surface area contributed by atoms with Gasteiger partial charge in [-0.1, -0.05) is 174 Å². The normalized spacial score (nSPS) is 15.6. The van der Waals surface area contributed by atoms with Crippen LogP contribution in [0.2, 0.25) is 0 Å². The summed E-state index contributed by atoms with van der Waals surface area (Å²) in [6.45, 7) is 8.55. The second kappa shape index (κ2) is 14.2. The number of fused-ring (bicyclic) bond motifs is 1. The first-order valence-electron chi connectivity index (χ1n) is 17.9. The fourth-order valence-corrected chi connectivity index (χ4v) is 10.3. The van der Waals surface area contributed by atoms with E-state index in [0.717, 1.165) is 38.6 Å². The lowest BCUT2D eigenvalue weighted by atomic mass is 9.90. The largest absolute Gasteiger partial charge is 0.282 e. The SMILES string of the molecule is Cc1cc(C)cc([C@@H]2N=C(c3ccccc3P(c3ccccc3)c3ccccc3)N(C(=O)c3ccc4ccccc4c3)[C@H]2c2cc(C)cc(C)c2)c1. The van der Waals surface area contributed by atoms with Crippen LogP contribution >= 0.6 is 7.92 Å². The molecule has 52 heavy (non-hydrogen) atoms. The van der Waals surface area contributed by atoms with E-state index in [0.29, 0.717) is 11.4 Å². The number of carbonyl (C=O) groups excluding carboxylic acids is 1. The average Bonchev–Trinajstić information content (AvgIpc) is 3.56. The summed E-state index contributed by atoms with van der Waals surface area (Å²) in [4.78, 5) is 23.1. The van der Waals surface area contributed by atoms with Gasteiger partial charge in [-0.15, -0.1) is 0 Å². The lowest BCUT2D eigenvalue weighted by Gasteiger charge is -2.31. The Hall–Kier alpha value is -5.63. The fraction of sp³-hybridized carbons (Fsp3) is 0.125. The minimum atomic E-state index is -0.975. The minimum Gasteiger partial charge on any atom is -0.282 e. The van der Waals surface area contributed by atoms with Crippen molar-refractivity contribution in [2.24, 2.45) is 4.99 Å². The number of amidine groups is 1. The van der Waals surface area contributed by atoms with E-state index in [2.05, 4.69) is 167 Å². The lowest BCUT2D eigenvalue weighted by Crippen LogP contribution is -2.40. The van der Waals surface area contributed by atoms with Crippen molar-refractivity contribution in [3.05, 3.63) is 208 Å². The van der Waals surface area contributed by atoms with Crippen molar-refractivity contribution in [2.75, 3.05) is 0 Å². The number of nitrogens with zero attached hydrogens (tertiary/aromatic N) is 2. The molecule has 0 spiro atoms. The first kappa shape index (κ1) is 33.5. The highest BCUT2D eigenvalue weighted by atomic mass is 31.1. The number of carbonyl (C=O) groups is 1. The van der Waals surface area contributed by atoms with E-state index < -0.39 is 7.92 Å². The van der Waals surface area contributed by atoms with E-state index in [1.807, 2.05) is 29.2 Å². The first-order valence-corrected chi connectivity index (χ1v) is 19.2. The summed E-state index contributed by atoms with van der Waals surface area (Å²) in [6.07, 6.45) is 0. The van der Waals surface area contributed by atoms with Crippen molar-refractivity contribution < 1.29 is 4.79 Å². The van der Waals surface area contributed by atoms with Gasteiger partial charge in [0.15, 0.2) is 0 Å². The van der Waals surface area contributed by atoms with Gasteiger partial charge in [-0.25, -0.2) is 0 Å². The van der Waals surface area contributed by atoms with Gasteiger partial charge in [-0.05, 0) is 85.6 Å². The van der Waals surface area contributed by atoms with E-state index >= 15 is 4.79 Å². The third kappa shape index (κ3) is 6.49. The molecule has 254 valence electrons. The molecule has 0 aromatic heterocycles. The van der Waals surface area contributed by atoms with Crippen molar-refractivity contribution in [2.45, 2.75) is 39.8 Å². The molecule has 0 fully saturated rings. The van der Waals surface area contributed by atoms with Crippen LogP contribution in [0, 0.1) is 27.7 Å². The topological polar surface area (TPSA) is 32.7 Å². The van der Waals surface area contributed by atoms with Crippen molar-refractivity contribution in [1.82, 2.24) is 4.90 Å². The third-order valence-corrected chi connectivity index (χ3v) is 12.4. The Morgan fingerprint density at radius 1 is 0.538 bits per heavy atom. The van der Waals surface area contributed by atoms with Crippen LogP contribution < -0.4 is 15.9 Å². The Morgan fingerprint density at radius 2 is 1.06 bits per heavy atom. The van der Waals surface area contributed by atoms with Crippen LogP contribution in [0.1, 0.15) is 61.4 Å². The Bertz CT molecular complexity index is 2370. The number of hydrogen-bond acceptors (Lipinski definition) is 2. The van der Waals surface area contributed by atoms with Crippen LogP contribution in [-0.2, 0) is 0 Å². The fourth-order valence-electron chi connectivity index (χ4n) is 7.81. The molecule has 0 aliphatic carbocycles. The summed E-state index contributed by atoms with van der Waals surface area (Å²) in [7, 11) is -0.975. The third-order valence-electron chi connectivity index (χ3n) is 9.87. The molecule has 0 saturated heterocycles. The molecule has 7 aromatic carbocycles. The molecule has 0 bridgehead atoms. The number of aryl methyl sites for hydroxylation is 4. The molecule has 7 aromatic rings. The molecule has 1 aliphatic heterocycles. The molecular weight excluding hydrogens is 652 g/mol. The second-order valence-corrected chi connectivity index (χ2v) is 16.1. The van der Waals surface area contributed by atoms with Gasteiger partial charge in [0.2, 0.25) is 0 Å². The lowest BCUT2D eigenvalue weighted by molar-refractivity contribution is 0.0805. The molecule has 2 atom stereocenters. The molecule has 0 saturated carbocycles. The standard InChI is InChI=1S/C48H41N2OP/c1-32-25-33(2)28-39(27-32)45-46(40-29-34(3)26-35(4)30-40)50(48(51)38-24-23-36-15-11-12-16-37(36)31-38)47(49-45)43-21-13-14-22-44(43)52(41-17-7-5-8-18-41)42-19-9-6-10-20-42/h5-31,45-46H,1-4H3/t45-,46-/m0/s1. The van der Waals surface area contributed by atoms with Crippen LogP contribution in [0.4, 0.5) is 0 Å². The van der Waals surface area contributed by atoms with Crippen LogP contribution in [0.15, 0.2) is 169 Å². The molecule has 0 unspecified atom stereocenters. The Labute approximate surface area is 308 Å². The summed E-state index contributed by atoms with van der Waals surface area (Å²) in [5.74, 6) is 0.653. The monoisotopic (exact) mass is 692 g/mol. The van der Waals surface area contributed by atoms with Crippen molar-refractivity contribution in [3.8, 4) is 0 Å². The maximum absolute atomic E-state index is 15.4. The quantitative estimate of drug-likeness (QED) is 0.153. The van der Waals surface area contributed by atoms with Gasteiger partial charge in [0.25, 0.3) is 5.91 Å². The van der Waals surface area contributed by atoms with Gasteiger partial charge in [-0.2, -0.15) is 0 Å². The number of aliphatic imine (C=N–C) groups is 1. The van der Waals surface area contributed by atoms with Crippen LogP contribution in [-0.4, -0.2) is 16.6 Å². The van der Waals surface area contributed by atoms with Crippen LogP contribution in [0.5, 0.6) is 0 Å². The molecule has 0 radical (unpaired) electrons. The zero-order valence-corrected chi connectivity index (χ0v) is 30.9. The Morgan fingerprint density at radius 3 is 1.67 bits per heavy atom. The van der Waals surface area contributed by atoms with Gasteiger partial charge < -0.3 is 0 Å².